The molecule has 4 aromatic rings. The van der Waals surface area contributed by atoms with Crippen molar-refractivity contribution in [2.24, 2.45) is 0 Å². The number of sulfone groups is 2. The second-order valence-electron chi connectivity index (χ2n) is 10.2. The van der Waals surface area contributed by atoms with Crippen LogP contribution >= 0.6 is 0 Å². The van der Waals surface area contributed by atoms with Crippen LogP contribution in [0.25, 0.3) is 22.3 Å². The predicted octanol–water partition coefficient (Wildman–Crippen LogP) is 4.19. The fourth-order valence-corrected chi connectivity index (χ4v) is 6.17. The van der Waals surface area contributed by atoms with Crippen LogP contribution in [0.3, 0.4) is 0 Å². The van der Waals surface area contributed by atoms with E-state index in [1.54, 1.807) is 24.3 Å². The Kier molecular flexibility index (Phi) is 7.08. The van der Waals surface area contributed by atoms with E-state index in [0.29, 0.717) is 16.7 Å². The Bertz CT molecular complexity index is 1940. The van der Waals surface area contributed by atoms with Gasteiger partial charge in [-0.2, -0.15) is 18.2 Å². The fourth-order valence-electron chi connectivity index (χ4n) is 4.62. The van der Waals surface area contributed by atoms with Crippen molar-refractivity contribution in [2.75, 3.05) is 30.7 Å². The molecule has 3 N–H and O–H groups in total. The number of nitrogen functional groups attached to an aromatic ring is 1. The SMILES string of the molecule is COc1ccc(-c2cc(Cc3cccc(S(C)(=O)=O)c3)c3nc(N)nc(NC4(C(F)(F)F)CC4)c3n2)cc1S(C)(=O)=O. The highest BCUT2D eigenvalue weighted by molar-refractivity contribution is 7.91. The standard InChI is InChI=1S/C27H26F3N5O5S2/c1-40-20-8-7-16(14-21(20)42(3,38)39)19-13-17(11-15-5-4-6-18(12-15)41(2,36)37)22-23(32-19)24(34-25(31)33-22)35-26(9-10-26)27(28,29)30/h4-8,12-14H,9-11H2,1-3H3,(H3,31,33,34,35). The molecule has 0 saturated heterocycles. The molecule has 0 aliphatic heterocycles. The Hall–Kier alpha value is -3.98. The quantitative estimate of drug-likeness (QED) is 0.293. The Morgan fingerprint density at radius 1 is 0.952 bits per heavy atom. The molecule has 0 amide bonds. The third-order valence-electron chi connectivity index (χ3n) is 6.98. The summed E-state index contributed by atoms with van der Waals surface area (Å²) in [5.74, 6) is -0.399. The molecule has 5 rings (SSSR count). The van der Waals surface area contributed by atoms with Gasteiger partial charge in [0.2, 0.25) is 5.95 Å². The normalized spacial score (nSPS) is 15.0. The van der Waals surface area contributed by atoms with Crippen LogP contribution in [0.1, 0.15) is 24.0 Å². The number of methoxy groups -OCH3 is 1. The molecule has 0 unspecified atom stereocenters. The maximum atomic E-state index is 13.9. The molecular formula is C27H26F3N5O5S2. The van der Waals surface area contributed by atoms with Crippen LogP contribution in [-0.2, 0) is 26.1 Å². The van der Waals surface area contributed by atoms with Gasteiger partial charge in [0, 0.05) is 18.1 Å². The van der Waals surface area contributed by atoms with Gasteiger partial charge in [-0.15, -0.1) is 0 Å². The minimum Gasteiger partial charge on any atom is -0.495 e. The van der Waals surface area contributed by atoms with E-state index >= 15 is 0 Å². The minimum absolute atomic E-state index is 0.0109. The molecule has 0 atom stereocenters. The van der Waals surface area contributed by atoms with Crippen LogP contribution < -0.4 is 15.8 Å². The van der Waals surface area contributed by atoms with Gasteiger partial charge in [0.25, 0.3) is 0 Å². The molecule has 1 saturated carbocycles. The first-order valence-electron chi connectivity index (χ1n) is 12.5. The van der Waals surface area contributed by atoms with Crippen molar-refractivity contribution in [3.05, 3.63) is 59.7 Å². The Morgan fingerprint density at radius 2 is 1.67 bits per heavy atom. The van der Waals surface area contributed by atoms with E-state index < -0.39 is 31.4 Å². The number of nitrogens with two attached hydrogens (primary N) is 1. The average molecular weight is 622 g/mol. The molecule has 42 heavy (non-hydrogen) atoms. The zero-order valence-corrected chi connectivity index (χ0v) is 24.3. The lowest BCUT2D eigenvalue weighted by Crippen LogP contribution is -2.39. The van der Waals surface area contributed by atoms with Crippen molar-refractivity contribution in [3.8, 4) is 17.0 Å². The van der Waals surface area contributed by atoms with Gasteiger partial charge in [0.15, 0.2) is 25.5 Å². The topological polar surface area (TPSA) is 154 Å². The van der Waals surface area contributed by atoms with Gasteiger partial charge in [-0.25, -0.2) is 26.8 Å². The minimum atomic E-state index is -4.56. The summed E-state index contributed by atoms with van der Waals surface area (Å²) in [7, 11) is -5.92. The van der Waals surface area contributed by atoms with E-state index in [1.165, 1.54) is 31.4 Å². The van der Waals surface area contributed by atoms with E-state index in [2.05, 4.69) is 20.3 Å². The number of anilines is 2. The monoisotopic (exact) mass is 621 g/mol. The number of fused-ring (bicyclic) bond motifs is 1. The first-order valence-corrected chi connectivity index (χ1v) is 16.3. The molecule has 2 aromatic carbocycles. The van der Waals surface area contributed by atoms with Gasteiger partial charge in [-0.1, -0.05) is 12.1 Å². The number of pyridine rings is 1. The summed E-state index contributed by atoms with van der Waals surface area (Å²) in [5, 5.41) is 2.49. The average Bonchev–Trinajstić information content (AvgIpc) is 3.69. The van der Waals surface area contributed by atoms with Crippen molar-refractivity contribution >= 4 is 42.5 Å². The Morgan fingerprint density at radius 3 is 2.26 bits per heavy atom. The number of aromatic nitrogens is 3. The molecule has 2 heterocycles. The van der Waals surface area contributed by atoms with Gasteiger partial charge in [0.1, 0.15) is 27.2 Å². The number of rotatable bonds is 8. The number of hydrogen-bond acceptors (Lipinski definition) is 10. The fraction of sp³-hybridized carbons (Fsp3) is 0.296. The molecule has 1 aliphatic rings. The van der Waals surface area contributed by atoms with Gasteiger partial charge in [-0.3, -0.25) is 0 Å². The first kappa shape index (κ1) is 29.5. The molecule has 10 nitrogen and oxygen atoms in total. The summed E-state index contributed by atoms with van der Waals surface area (Å²) in [6.07, 6.45) is -2.69. The van der Waals surface area contributed by atoms with Crippen LogP contribution in [0.15, 0.2) is 58.3 Å². The largest absolute Gasteiger partial charge is 0.495 e. The summed E-state index contributed by atoms with van der Waals surface area (Å²) in [6.45, 7) is 0. The molecule has 0 radical (unpaired) electrons. The summed E-state index contributed by atoms with van der Waals surface area (Å²) in [4.78, 5) is 12.9. The molecule has 1 aliphatic carbocycles. The van der Waals surface area contributed by atoms with Crippen LogP contribution in [0.5, 0.6) is 5.75 Å². The van der Waals surface area contributed by atoms with Gasteiger partial charge >= 0.3 is 6.18 Å². The van der Waals surface area contributed by atoms with Crippen molar-refractivity contribution in [2.45, 2.75) is 40.8 Å². The lowest BCUT2D eigenvalue weighted by molar-refractivity contribution is -0.151. The molecule has 1 fully saturated rings. The summed E-state index contributed by atoms with van der Waals surface area (Å²) < 4.78 is 96.1. The Balaban J connectivity index is 1.75. The summed E-state index contributed by atoms with van der Waals surface area (Å²) in [5.41, 5.74) is 5.48. The van der Waals surface area contributed by atoms with E-state index in [9.17, 15) is 30.0 Å². The molecule has 2 aromatic heterocycles. The van der Waals surface area contributed by atoms with E-state index in [1.807, 2.05) is 0 Å². The molecule has 0 bridgehead atoms. The second-order valence-corrected chi connectivity index (χ2v) is 14.2. The van der Waals surface area contributed by atoms with Crippen LogP contribution in [0, 0.1) is 0 Å². The number of hydrogen-bond donors (Lipinski definition) is 2. The second kappa shape index (κ2) is 10.1. The van der Waals surface area contributed by atoms with E-state index in [0.717, 1.165) is 12.5 Å². The summed E-state index contributed by atoms with van der Waals surface area (Å²) >= 11 is 0. The number of ether oxygens (including phenoxy) is 1. The highest BCUT2D eigenvalue weighted by Gasteiger charge is 2.64. The third kappa shape index (κ3) is 5.70. The van der Waals surface area contributed by atoms with Gasteiger partial charge in [-0.05, 0) is 66.8 Å². The smallest absolute Gasteiger partial charge is 0.411 e. The van der Waals surface area contributed by atoms with Gasteiger partial charge in [0.05, 0.1) is 17.7 Å². The maximum Gasteiger partial charge on any atom is 0.411 e. The van der Waals surface area contributed by atoms with Crippen molar-refractivity contribution in [1.29, 1.82) is 0 Å². The number of benzene rings is 2. The zero-order valence-electron chi connectivity index (χ0n) is 22.7. The van der Waals surface area contributed by atoms with Crippen molar-refractivity contribution < 1.29 is 34.7 Å². The lowest BCUT2D eigenvalue weighted by Gasteiger charge is -2.22. The first-order chi connectivity index (χ1) is 19.5. The maximum absolute atomic E-state index is 13.9. The lowest BCUT2D eigenvalue weighted by atomic mass is 10.0. The predicted molar refractivity (Wildman–Crippen MR) is 151 cm³/mol. The number of nitrogens with zero attached hydrogens (tertiary/aromatic N) is 3. The Labute approximate surface area is 240 Å². The van der Waals surface area contributed by atoms with Gasteiger partial charge < -0.3 is 15.8 Å². The number of nitrogens with one attached hydrogen (secondary N) is 1. The van der Waals surface area contributed by atoms with E-state index in [4.69, 9.17) is 10.5 Å². The molecule has 0 spiro atoms. The highest BCUT2D eigenvalue weighted by atomic mass is 32.2. The summed E-state index contributed by atoms with van der Waals surface area (Å²) in [6, 6.07) is 12.2. The number of alkyl halides is 3. The van der Waals surface area contributed by atoms with E-state index in [-0.39, 0.29) is 63.3 Å². The van der Waals surface area contributed by atoms with Crippen LogP contribution in [0.4, 0.5) is 24.9 Å². The highest BCUT2D eigenvalue weighted by Crippen LogP contribution is 2.51. The molecule has 222 valence electrons. The zero-order chi connectivity index (χ0) is 30.7. The van der Waals surface area contributed by atoms with Crippen molar-refractivity contribution in [1.82, 2.24) is 15.0 Å². The van der Waals surface area contributed by atoms with Crippen molar-refractivity contribution in [3.63, 3.8) is 0 Å². The van der Waals surface area contributed by atoms with Crippen LogP contribution in [0.2, 0.25) is 0 Å². The molecular weight excluding hydrogens is 595 g/mol. The molecule has 15 heteroatoms. The van der Waals surface area contributed by atoms with Crippen LogP contribution in [-0.4, -0.2) is 63.1 Å². The number of halogens is 3. The third-order valence-corrected chi connectivity index (χ3v) is 9.21.